The van der Waals surface area contributed by atoms with Crippen LogP contribution in [0.15, 0.2) is 4.63 Å². The summed E-state index contributed by atoms with van der Waals surface area (Å²) in [6.45, 7) is 5.69. The smallest absolute Gasteiger partial charge is 0.280 e. The molecule has 0 aromatic carbocycles. The molecule has 0 unspecified atom stereocenters. The van der Waals surface area contributed by atoms with Crippen molar-refractivity contribution in [3.8, 4) is 0 Å². The average Bonchev–Trinajstić information content (AvgIpc) is 2.83. The van der Waals surface area contributed by atoms with Gasteiger partial charge >= 0.3 is 0 Å². The molecular formula is C11H17N5O3. The molecule has 1 fully saturated rings. The lowest BCUT2D eigenvalue weighted by molar-refractivity contribution is -0.135. The van der Waals surface area contributed by atoms with Crippen molar-refractivity contribution in [3.05, 3.63) is 5.69 Å². The van der Waals surface area contributed by atoms with E-state index >= 15 is 0 Å². The van der Waals surface area contributed by atoms with Crippen molar-refractivity contribution in [2.45, 2.75) is 13.8 Å². The maximum absolute atomic E-state index is 12.1. The Bertz CT molecular complexity index is 476. The van der Waals surface area contributed by atoms with Gasteiger partial charge in [0.1, 0.15) is 0 Å². The predicted molar refractivity (Wildman–Crippen MR) is 66.0 cm³/mol. The molecule has 8 nitrogen and oxygen atoms in total. The summed E-state index contributed by atoms with van der Waals surface area (Å²) >= 11 is 0. The summed E-state index contributed by atoms with van der Waals surface area (Å²) in [6.07, 6.45) is 0. The number of carbonyl (C=O) groups excluding carboxylic acids is 2. The van der Waals surface area contributed by atoms with Crippen LogP contribution < -0.4 is 5.73 Å². The number of nitrogens with zero attached hydrogens (tertiary/aromatic N) is 4. The zero-order valence-electron chi connectivity index (χ0n) is 11.0. The Hall–Kier alpha value is -2.12. The highest BCUT2D eigenvalue weighted by atomic mass is 16.6. The van der Waals surface area contributed by atoms with Crippen LogP contribution in [0.3, 0.4) is 0 Å². The van der Waals surface area contributed by atoms with Gasteiger partial charge in [-0.2, -0.15) is 0 Å². The molecule has 2 rings (SSSR count). The van der Waals surface area contributed by atoms with Gasteiger partial charge in [-0.25, -0.2) is 4.63 Å². The Morgan fingerprint density at radius 1 is 1.16 bits per heavy atom. The molecular weight excluding hydrogens is 250 g/mol. The first-order valence-electron chi connectivity index (χ1n) is 6.16. The van der Waals surface area contributed by atoms with Gasteiger partial charge in [-0.1, -0.05) is 13.8 Å². The van der Waals surface area contributed by atoms with Gasteiger partial charge in [0, 0.05) is 32.1 Å². The molecule has 2 amide bonds. The van der Waals surface area contributed by atoms with Crippen LogP contribution in [0.4, 0.5) is 5.82 Å². The summed E-state index contributed by atoms with van der Waals surface area (Å²) in [5, 5.41) is 6.87. The minimum absolute atomic E-state index is 0.00862. The number of rotatable bonds is 2. The van der Waals surface area contributed by atoms with Crippen molar-refractivity contribution in [2.75, 3.05) is 31.9 Å². The molecule has 0 radical (unpaired) electrons. The van der Waals surface area contributed by atoms with E-state index in [9.17, 15) is 9.59 Å². The van der Waals surface area contributed by atoms with Crippen molar-refractivity contribution >= 4 is 17.6 Å². The minimum atomic E-state index is -0.310. The van der Waals surface area contributed by atoms with E-state index in [1.165, 1.54) is 0 Å². The first kappa shape index (κ1) is 13.3. The Labute approximate surface area is 110 Å². The summed E-state index contributed by atoms with van der Waals surface area (Å²) in [7, 11) is 0. The molecule has 104 valence electrons. The Kier molecular flexibility index (Phi) is 3.68. The van der Waals surface area contributed by atoms with Crippen molar-refractivity contribution in [2.24, 2.45) is 5.92 Å². The van der Waals surface area contributed by atoms with Crippen molar-refractivity contribution in [1.29, 1.82) is 0 Å². The molecule has 0 atom stereocenters. The van der Waals surface area contributed by atoms with Crippen LogP contribution in [0.1, 0.15) is 24.3 Å². The molecule has 0 aliphatic carbocycles. The molecule has 19 heavy (non-hydrogen) atoms. The Morgan fingerprint density at radius 3 is 2.21 bits per heavy atom. The number of piperazine rings is 1. The third kappa shape index (κ3) is 2.67. The van der Waals surface area contributed by atoms with Gasteiger partial charge in [0.15, 0.2) is 0 Å². The minimum Gasteiger partial charge on any atom is -0.379 e. The monoisotopic (exact) mass is 267 g/mol. The van der Waals surface area contributed by atoms with Gasteiger partial charge in [-0.3, -0.25) is 9.59 Å². The fourth-order valence-electron chi connectivity index (χ4n) is 1.99. The standard InChI is InChI=1S/C11H17N5O3/c1-7(2)10(17)15-3-5-16(6-4-15)11(18)8-9(12)14-19-13-8/h7H,3-6H2,1-2H3,(H2,12,14). The van der Waals surface area contributed by atoms with Crippen LogP contribution in [0.5, 0.6) is 0 Å². The molecule has 1 aromatic rings. The molecule has 0 bridgehead atoms. The topological polar surface area (TPSA) is 106 Å². The average molecular weight is 267 g/mol. The molecule has 1 saturated heterocycles. The summed E-state index contributed by atoms with van der Waals surface area (Å²) < 4.78 is 4.41. The quantitative estimate of drug-likeness (QED) is 0.781. The van der Waals surface area contributed by atoms with Crippen LogP contribution in [0, 0.1) is 5.92 Å². The molecule has 0 spiro atoms. The van der Waals surface area contributed by atoms with E-state index in [4.69, 9.17) is 5.73 Å². The van der Waals surface area contributed by atoms with Gasteiger partial charge in [-0.15, -0.1) is 0 Å². The molecule has 1 aliphatic rings. The molecule has 2 heterocycles. The predicted octanol–water partition coefficient (Wildman–Crippen LogP) is -0.408. The Balaban J connectivity index is 1.95. The maximum atomic E-state index is 12.1. The zero-order valence-corrected chi connectivity index (χ0v) is 11.0. The van der Waals surface area contributed by atoms with E-state index in [-0.39, 0.29) is 29.2 Å². The second-order valence-corrected chi connectivity index (χ2v) is 4.77. The number of anilines is 1. The normalized spacial score (nSPS) is 15.9. The zero-order chi connectivity index (χ0) is 14.0. The van der Waals surface area contributed by atoms with Gasteiger partial charge in [0.25, 0.3) is 5.91 Å². The second-order valence-electron chi connectivity index (χ2n) is 4.77. The van der Waals surface area contributed by atoms with Crippen molar-refractivity contribution in [3.63, 3.8) is 0 Å². The highest BCUT2D eigenvalue weighted by Crippen LogP contribution is 2.12. The number of carbonyl (C=O) groups is 2. The SMILES string of the molecule is CC(C)C(=O)N1CCN(C(=O)c2nonc2N)CC1. The van der Waals surface area contributed by atoms with Gasteiger partial charge in [-0.05, 0) is 10.3 Å². The van der Waals surface area contributed by atoms with E-state index < -0.39 is 0 Å². The fraction of sp³-hybridized carbons (Fsp3) is 0.636. The van der Waals surface area contributed by atoms with E-state index in [1.807, 2.05) is 13.8 Å². The number of aromatic nitrogens is 2. The van der Waals surface area contributed by atoms with Crippen LogP contribution in [-0.2, 0) is 4.79 Å². The first-order chi connectivity index (χ1) is 9.00. The van der Waals surface area contributed by atoms with Gasteiger partial charge < -0.3 is 15.5 Å². The summed E-state index contributed by atoms with van der Waals surface area (Å²) in [6, 6.07) is 0. The number of amides is 2. The molecule has 1 aromatic heterocycles. The van der Waals surface area contributed by atoms with E-state index in [0.29, 0.717) is 26.2 Å². The lowest BCUT2D eigenvalue weighted by Gasteiger charge is -2.35. The van der Waals surface area contributed by atoms with E-state index in [0.717, 1.165) is 0 Å². The van der Waals surface area contributed by atoms with Crippen LogP contribution in [0.25, 0.3) is 0 Å². The van der Waals surface area contributed by atoms with Crippen molar-refractivity contribution in [1.82, 2.24) is 20.1 Å². The summed E-state index contributed by atoms with van der Waals surface area (Å²) in [5.74, 6) is -0.242. The summed E-state index contributed by atoms with van der Waals surface area (Å²) in [5.41, 5.74) is 5.52. The molecule has 0 saturated carbocycles. The van der Waals surface area contributed by atoms with Crippen LogP contribution in [0.2, 0.25) is 0 Å². The van der Waals surface area contributed by atoms with Crippen molar-refractivity contribution < 1.29 is 14.2 Å². The maximum Gasteiger partial charge on any atom is 0.280 e. The lowest BCUT2D eigenvalue weighted by atomic mass is 10.1. The first-order valence-corrected chi connectivity index (χ1v) is 6.16. The van der Waals surface area contributed by atoms with E-state index in [1.54, 1.807) is 9.80 Å². The summed E-state index contributed by atoms with van der Waals surface area (Å²) in [4.78, 5) is 27.3. The highest BCUT2D eigenvalue weighted by Gasteiger charge is 2.28. The fourth-order valence-corrected chi connectivity index (χ4v) is 1.99. The third-order valence-corrected chi connectivity index (χ3v) is 3.09. The van der Waals surface area contributed by atoms with E-state index in [2.05, 4.69) is 14.9 Å². The number of nitrogens with two attached hydrogens (primary N) is 1. The van der Waals surface area contributed by atoms with Gasteiger partial charge in [0.2, 0.25) is 17.4 Å². The largest absolute Gasteiger partial charge is 0.379 e. The number of hydrogen-bond donors (Lipinski definition) is 1. The lowest BCUT2D eigenvalue weighted by Crippen LogP contribution is -2.51. The highest BCUT2D eigenvalue weighted by molar-refractivity contribution is 5.96. The molecule has 1 aliphatic heterocycles. The number of nitrogen functional groups attached to an aromatic ring is 1. The molecule has 8 heteroatoms. The number of hydrogen-bond acceptors (Lipinski definition) is 6. The van der Waals surface area contributed by atoms with Gasteiger partial charge in [0.05, 0.1) is 0 Å². The third-order valence-electron chi connectivity index (χ3n) is 3.09. The Morgan fingerprint density at radius 2 is 1.74 bits per heavy atom. The second kappa shape index (κ2) is 5.25. The molecule has 2 N–H and O–H groups in total. The van der Waals surface area contributed by atoms with Crippen LogP contribution in [-0.4, -0.2) is 58.1 Å². The van der Waals surface area contributed by atoms with Crippen LogP contribution >= 0.6 is 0 Å².